The molecule has 76 valence electrons. The van der Waals surface area contributed by atoms with Crippen LogP contribution in [0.2, 0.25) is 0 Å². The molecule has 0 atom stereocenters. The molecular weight excluding hydrogens is 256 g/mol. The molecular formula is C12H9BrO2. The molecule has 2 aromatic carbocycles. The van der Waals surface area contributed by atoms with Crippen molar-refractivity contribution in [2.45, 2.75) is 6.42 Å². The fourth-order valence-corrected chi connectivity index (χ4v) is 1.93. The minimum Gasteiger partial charge on any atom is -0.481 e. The van der Waals surface area contributed by atoms with Gasteiger partial charge in [-0.25, -0.2) is 0 Å². The van der Waals surface area contributed by atoms with Crippen LogP contribution in [0.4, 0.5) is 0 Å². The molecule has 15 heavy (non-hydrogen) atoms. The number of carboxylic acids is 1. The van der Waals surface area contributed by atoms with Gasteiger partial charge in [-0.2, -0.15) is 0 Å². The van der Waals surface area contributed by atoms with Gasteiger partial charge in [0.2, 0.25) is 0 Å². The largest absolute Gasteiger partial charge is 0.481 e. The van der Waals surface area contributed by atoms with Crippen LogP contribution in [0.5, 0.6) is 0 Å². The average molecular weight is 265 g/mol. The van der Waals surface area contributed by atoms with Gasteiger partial charge in [0.05, 0.1) is 6.42 Å². The molecule has 2 rings (SSSR count). The van der Waals surface area contributed by atoms with Crippen LogP contribution in [0.1, 0.15) is 5.56 Å². The third-order valence-corrected chi connectivity index (χ3v) is 2.72. The summed E-state index contributed by atoms with van der Waals surface area (Å²) in [6.07, 6.45) is 0.0754. The Kier molecular flexibility index (Phi) is 2.73. The molecule has 2 nitrogen and oxygen atoms in total. The van der Waals surface area contributed by atoms with Crippen molar-refractivity contribution in [3.8, 4) is 0 Å². The molecule has 0 aliphatic carbocycles. The summed E-state index contributed by atoms with van der Waals surface area (Å²) < 4.78 is 1.03. The van der Waals surface area contributed by atoms with Gasteiger partial charge in [0.15, 0.2) is 0 Å². The van der Waals surface area contributed by atoms with E-state index in [2.05, 4.69) is 15.9 Å². The maximum absolute atomic E-state index is 10.6. The van der Waals surface area contributed by atoms with Crippen LogP contribution in [0.25, 0.3) is 10.8 Å². The van der Waals surface area contributed by atoms with Crippen molar-refractivity contribution in [2.24, 2.45) is 0 Å². The third-order valence-electron chi connectivity index (χ3n) is 2.22. The zero-order valence-corrected chi connectivity index (χ0v) is 9.49. The first kappa shape index (κ1) is 10.2. The van der Waals surface area contributed by atoms with Crippen molar-refractivity contribution < 1.29 is 9.90 Å². The van der Waals surface area contributed by atoms with Crippen LogP contribution in [0, 0.1) is 0 Å². The molecule has 0 spiro atoms. The Labute approximate surface area is 95.7 Å². The molecule has 0 aromatic heterocycles. The Bertz CT molecular complexity index is 520. The van der Waals surface area contributed by atoms with E-state index in [-0.39, 0.29) is 6.42 Å². The van der Waals surface area contributed by atoms with Gasteiger partial charge in [0.1, 0.15) is 0 Å². The van der Waals surface area contributed by atoms with E-state index in [9.17, 15) is 4.79 Å². The number of benzene rings is 2. The number of hydrogen-bond donors (Lipinski definition) is 1. The molecule has 0 fully saturated rings. The number of fused-ring (bicyclic) bond motifs is 1. The monoisotopic (exact) mass is 264 g/mol. The topological polar surface area (TPSA) is 37.3 Å². The number of aliphatic carboxylic acids is 1. The summed E-state index contributed by atoms with van der Waals surface area (Å²) in [6.45, 7) is 0. The SMILES string of the molecule is O=C(O)Cc1ccc2cc(Br)ccc2c1. The average Bonchev–Trinajstić information content (AvgIpc) is 2.17. The summed E-state index contributed by atoms with van der Waals surface area (Å²) in [7, 11) is 0. The van der Waals surface area contributed by atoms with Gasteiger partial charge >= 0.3 is 5.97 Å². The Morgan fingerprint density at radius 2 is 1.80 bits per heavy atom. The van der Waals surface area contributed by atoms with Gasteiger partial charge in [-0.05, 0) is 28.5 Å². The molecule has 0 saturated carbocycles. The number of hydrogen-bond acceptors (Lipinski definition) is 1. The molecule has 0 bridgehead atoms. The van der Waals surface area contributed by atoms with Crippen molar-refractivity contribution in [1.82, 2.24) is 0 Å². The summed E-state index contributed by atoms with van der Waals surface area (Å²) in [4.78, 5) is 10.6. The summed E-state index contributed by atoms with van der Waals surface area (Å²) in [5, 5.41) is 10.9. The van der Waals surface area contributed by atoms with E-state index in [0.29, 0.717) is 0 Å². The lowest BCUT2D eigenvalue weighted by molar-refractivity contribution is -0.136. The fourth-order valence-electron chi connectivity index (χ4n) is 1.55. The first-order valence-electron chi connectivity index (χ1n) is 4.55. The van der Waals surface area contributed by atoms with E-state index in [4.69, 9.17) is 5.11 Å². The van der Waals surface area contributed by atoms with Crippen molar-refractivity contribution in [2.75, 3.05) is 0 Å². The molecule has 0 aliphatic heterocycles. The molecule has 0 aliphatic rings. The van der Waals surface area contributed by atoms with Gasteiger partial charge in [0, 0.05) is 4.47 Å². The number of halogens is 1. The molecule has 3 heteroatoms. The van der Waals surface area contributed by atoms with Crippen molar-refractivity contribution in [3.05, 3.63) is 46.4 Å². The van der Waals surface area contributed by atoms with Crippen molar-refractivity contribution >= 4 is 32.7 Å². The van der Waals surface area contributed by atoms with E-state index in [1.54, 1.807) is 0 Å². The predicted octanol–water partition coefficient (Wildman–Crippen LogP) is 3.23. The number of carbonyl (C=O) groups is 1. The van der Waals surface area contributed by atoms with Crippen molar-refractivity contribution in [1.29, 1.82) is 0 Å². The zero-order chi connectivity index (χ0) is 10.8. The maximum Gasteiger partial charge on any atom is 0.307 e. The Hall–Kier alpha value is -1.35. The fraction of sp³-hybridized carbons (Fsp3) is 0.0833. The lowest BCUT2D eigenvalue weighted by atomic mass is 10.1. The quantitative estimate of drug-likeness (QED) is 0.905. The summed E-state index contributed by atoms with van der Waals surface area (Å²) in [6, 6.07) is 11.6. The number of rotatable bonds is 2. The normalized spacial score (nSPS) is 10.5. The van der Waals surface area contributed by atoms with E-state index in [1.165, 1.54) is 0 Å². The van der Waals surface area contributed by atoms with E-state index in [1.807, 2.05) is 36.4 Å². The molecule has 0 saturated heterocycles. The van der Waals surface area contributed by atoms with Gasteiger partial charge in [-0.1, -0.05) is 40.2 Å². The van der Waals surface area contributed by atoms with Gasteiger partial charge in [-0.3, -0.25) is 4.79 Å². The molecule has 0 radical (unpaired) electrons. The van der Waals surface area contributed by atoms with Crippen molar-refractivity contribution in [3.63, 3.8) is 0 Å². The smallest absolute Gasteiger partial charge is 0.307 e. The Morgan fingerprint density at radius 3 is 2.53 bits per heavy atom. The lowest BCUT2D eigenvalue weighted by Crippen LogP contribution is -1.99. The van der Waals surface area contributed by atoms with E-state index < -0.39 is 5.97 Å². The second kappa shape index (κ2) is 4.03. The van der Waals surface area contributed by atoms with Gasteiger partial charge in [0.25, 0.3) is 0 Å². The highest BCUT2D eigenvalue weighted by atomic mass is 79.9. The first-order valence-corrected chi connectivity index (χ1v) is 5.34. The molecule has 0 amide bonds. The summed E-state index contributed by atoms with van der Waals surface area (Å²) in [5.74, 6) is -0.800. The zero-order valence-electron chi connectivity index (χ0n) is 7.90. The second-order valence-electron chi connectivity index (χ2n) is 3.40. The van der Waals surface area contributed by atoms with Crippen LogP contribution >= 0.6 is 15.9 Å². The van der Waals surface area contributed by atoms with Crippen LogP contribution in [0.3, 0.4) is 0 Å². The first-order chi connectivity index (χ1) is 7.15. The van der Waals surface area contributed by atoms with Gasteiger partial charge in [-0.15, -0.1) is 0 Å². The predicted molar refractivity (Wildman–Crippen MR) is 63.0 cm³/mol. The highest BCUT2D eigenvalue weighted by Gasteiger charge is 2.01. The standard InChI is InChI=1S/C12H9BrO2/c13-11-4-3-9-5-8(6-12(14)15)1-2-10(9)7-11/h1-5,7H,6H2,(H,14,15). The molecule has 0 unspecified atom stereocenters. The second-order valence-corrected chi connectivity index (χ2v) is 4.31. The maximum atomic E-state index is 10.6. The highest BCUT2D eigenvalue weighted by Crippen LogP contribution is 2.21. The van der Waals surface area contributed by atoms with Crippen LogP contribution < -0.4 is 0 Å². The van der Waals surface area contributed by atoms with Crippen LogP contribution in [-0.2, 0) is 11.2 Å². The molecule has 0 heterocycles. The van der Waals surface area contributed by atoms with Crippen LogP contribution in [-0.4, -0.2) is 11.1 Å². The number of carboxylic acid groups (broad SMARTS) is 1. The van der Waals surface area contributed by atoms with E-state index >= 15 is 0 Å². The van der Waals surface area contributed by atoms with Gasteiger partial charge < -0.3 is 5.11 Å². The van der Waals surface area contributed by atoms with Crippen LogP contribution in [0.15, 0.2) is 40.9 Å². The molecule has 2 aromatic rings. The minimum atomic E-state index is -0.800. The Balaban J connectivity index is 2.47. The highest BCUT2D eigenvalue weighted by molar-refractivity contribution is 9.10. The summed E-state index contributed by atoms with van der Waals surface area (Å²) in [5.41, 5.74) is 0.831. The Morgan fingerprint density at radius 1 is 1.13 bits per heavy atom. The lowest BCUT2D eigenvalue weighted by Gasteiger charge is -2.01. The van der Waals surface area contributed by atoms with E-state index in [0.717, 1.165) is 20.8 Å². The summed E-state index contributed by atoms with van der Waals surface area (Å²) >= 11 is 3.40. The molecule has 1 N–H and O–H groups in total. The minimum absolute atomic E-state index is 0.0754. The third kappa shape index (κ3) is 2.36.